The van der Waals surface area contributed by atoms with Crippen molar-refractivity contribution in [2.75, 3.05) is 26.2 Å². The Balaban J connectivity index is 1.51. The second-order valence-electron chi connectivity index (χ2n) is 7.40. The van der Waals surface area contributed by atoms with Gasteiger partial charge in [-0.15, -0.1) is 0 Å². The molecule has 0 N–H and O–H groups in total. The molecule has 148 valence electrons. The molecule has 3 rings (SSSR count). The predicted molar refractivity (Wildman–Crippen MR) is 111 cm³/mol. The van der Waals surface area contributed by atoms with Crippen LogP contribution in [-0.4, -0.2) is 52.8 Å². The summed E-state index contributed by atoms with van der Waals surface area (Å²) in [6.45, 7) is 6.69. The van der Waals surface area contributed by atoms with E-state index in [2.05, 4.69) is 18.8 Å². The molecule has 5 nitrogen and oxygen atoms in total. The van der Waals surface area contributed by atoms with Crippen LogP contribution < -0.4 is 0 Å². The number of rotatable bonds is 6. The second-order valence-corrected chi connectivity index (χ2v) is 8.49. The third-order valence-electron chi connectivity index (χ3n) is 4.82. The lowest BCUT2D eigenvalue weighted by Crippen LogP contribution is -2.50. The lowest BCUT2D eigenvalue weighted by atomic mass is 10.1. The molecule has 1 aliphatic heterocycles. The first-order valence-corrected chi connectivity index (χ1v) is 10.6. The molecule has 28 heavy (non-hydrogen) atoms. The van der Waals surface area contributed by atoms with Gasteiger partial charge in [0.2, 0.25) is 5.91 Å². The summed E-state index contributed by atoms with van der Waals surface area (Å²) in [4.78, 5) is 34.1. The maximum atomic E-state index is 12.8. The number of amides is 2. The van der Waals surface area contributed by atoms with Crippen LogP contribution in [0.3, 0.4) is 0 Å². The first-order valence-electron chi connectivity index (χ1n) is 9.79. The average Bonchev–Trinajstić information content (AvgIpc) is 2.73. The normalized spacial score (nSPS) is 14.4. The van der Waals surface area contributed by atoms with Crippen molar-refractivity contribution >= 4 is 23.6 Å². The van der Waals surface area contributed by atoms with Crippen LogP contribution >= 0.6 is 11.8 Å². The lowest BCUT2D eigenvalue weighted by Gasteiger charge is -2.35. The maximum Gasteiger partial charge on any atom is 0.253 e. The zero-order valence-electron chi connectivity index (χ0n) is 16.5. The molecule has 0 aliphatic carbocycles. The molecule has 2 aromatic rings. The number of nitrogens with zero attached hydrogens (tertiary/aromatic N) is 3. The molecule has 1 fully saturated rings. The minimum atomic E-state index is 0.0312. The summed E-state index contributed by atoms with van der Waals surface area (Å²) in [6.07, 6.45) is 3.29. The van der Waals surface area contributed by atoms with Gasteiger partial charge in [0.25, 0.3) is 5.91 Å². The molecular weight excluding hydrogens is 370 g/mol. The van der Waals surface area contributed by atoms with E-state index >= 15 is 0 Å². The number of carbonyl (C=O) groups excluding carboxylic acids is 2. The number of hydrogen-bond acceptors (Lipinski definition) is 4. The van der Waals surface area contributed by atoms with Gasteiger partial charge in [0, 0.05) is 49.3 Å². The van der Waals surface area contributed by atoms with Gasteiger partial charge in [-0.3, -0.25) is 9.59 Å². The summed E-state index contributed by atoms with van der Waals surface area (Å²) in [5.41, 5.74) is 0.685. The Kier molecular flexibility index (Phi) is 7.09. The number of benzene rings is 1. The molecule has 2 amide bonds. The number of pyridine rings is 1. The van der Waals surface area contributed by atoms with E-state index in [0.29, 0.717) is 44.1 Å². The van der Waals surface area contributed by atoms with Crippen molar-refractivity contribution < 1.29 is 9.59 Å². The third kappa shape index (κ3) is 5.58. The Morgan fingerprint density at radius 3 is 2.29 bits per heavy atom. The number of aromatic nitrogens is 1. The Morgan fingerprint density at radius 2 is 1.68 bits per heavy atom. The van der Waals surface area contributed by atoms with E-state index in [0.717, 1.165) is 16.3 Å². The van der Waals surface area contributed by atoms with Crippen molar-refractivity contribution in [1.29, 1.82) is 0 Å². The standard InChI is InChI=1S/C22H27N3O2S/c1-17(2)6-11-21(26)24-13-15-25(16-14-24)22(27)18-7-9-19(10-8-18)28-20-5-3-4-12-23-20/h3-5,7-10,12,17H,6,11,13-16H2,1-2H3. The number of piperazine rings is 1. The molecule has 1 aromatic carbocycles. The molecule has 0 unspecified atom stereocenters. The Labute approximate surface area is 171 Å². The number of carbonyl (C=O) groups is 2. The zero-order chi connectivity index (χ0) is 19.9. The SMILES string of the molecule is CC(C)CCC(=O)N1CCN(C(=O)c2ccc(Sc3ccccn3)cc2)CC1. The molecule has 6 heteroatoms. The van der Waals surface area contributed by atoms with Crippen LogP contribution in [0, 0.1) is 5.92 Å². The van der Waals surface area contributed by atoms with E-state index in [4.69, 9.17) is 0 Å². The maximum absolute atomic E-state index is 12.8. The predicted octanol–water partition coefficient (Wildman–Crippen LogP) is 3.95. The highest BCUT2D eigenvalue weighted by Crippen LogP contribution is 2.26. The van der Waals surface area contributed by atoms with Gasteiger partial charge >= 0.3 is 0 Å². The Hall–Kier alpha value is -2.34. The quantitative estimate of drug-likeness (QED) is 0.741. The highest BCUT2D eigenvalue weighted by molar-refractivity contribution is 7.99. The largest absolute Gasteiger partial charge is 0.339 e. The van der Waals surface area contributed by atoms with Crippen LogP contribution in [0.2, 0.25) is 0 Å². The van der Waals surface area contributed by atoms with E-state index in [1.165, 1.54) is 0 Å². The lowest BCUT2D eigenvalue weighted by molar-refractivity contribution is -0.132. The Morgan fingerprint density at radius 1 is 1.00 bits per heavy atom. The van der Waals surface area contributed by atoms with Gasteiger partial charge in [-0.25, -0.2) is 4.98 Å². The number of hydrogen-bond donors (Lipinski definition) is 0. The molecule has 2 heterocycles. The van der Waals surface area contributed by atoms with Gasteiger partial charge in [-0.05, 0) is 48.7 Å². The van der Waals surface area contributed by atoms with Crippen molar-refractivity contribution in [1.82, 2.24) is 14.8 Å². The third-order valence-corrected chi connectivity index (χ3v) is 5.78. The fraction of sp³-hybridized carbons (Fsp3) is 0.409. The van der Waals surface area contributed by atoms with E-state index in [9.17, 15) is 9.59 Å². The minimum Gasteiger partial charge on any atom is -0.339 e. The molecule has 0 spiro atoms. The van der Waals surface area contributed by atoms with Crippen LogP contribution in [0.25, 0.3) is 0 Å². The van der Waals surface area contributed by atoms with Crippen LogP contribution in [0.4, 0.5) is 0 Å². The molecule has 0 radical (unpaired) electrons. The molecule has 0 atom stereocenters. The van der Waals surface area contributed by atoms with Gasteiger partial charge in [0.05, 0.1) is 0 Å². The van der Waals surface area contributed by atoms with Crippen molar-refractivity contribution in [3.8, 4) is 0 Å². The summed E-state index contributed by atoms with van der Waals surface area (Å²) < 4.78 is 0. The van der Waals surface area contributed by atoms with E-state index in [1.807, 2.05) is 52.3 Å². The van der Waals surface area contributed by atoms with Gasteiger partial charge in [0.15, 0.2) is 0 Å². The average molecular weight is 398 g/mol. The van der Waals surface area contributed by atoms with Crippen molar-refractivity contribution in [3.63, 3.8) is 0 Å². The van der Waals surface area contributed by atoms with E-state index < -0.39 is 0 Å². The smallest absolute Gasteiger partial charge is 0.253 e. The molecular formula is C22H27N3O2S. The fourth-order valence-electron chi connectivity index (χ4n) is 3.11. The molecule has 0 bridgehead atoms. The Bertz CT molecular complexity index is 785. The van der Waals surface area contributed by atoms with E-state index in [-0.39, 0.29) is 11.8 Å². The highest BCUT2D eigenvalue weighted by atomic mass is 32.2. The summed E-state index contributed by atoms with van der Waals surface area (Å²) in [5.74, 6) is 0.769. The van der Waals surface area contributed by atoms with Crippen LogP contribution in [0.15, 0.2) is 58.6 Å². The van der Waals surface area contributed by atoms with Crippen molar-refractivity contribution in [2.24, 2.45) is 5.92 Å². The minimum absolute atomic E-state index is 0.0312. The van der Waals surface area contributed by atoms with Crippen LogP contribution in [0.1, 0.15) is 37.0 Å². The van der Waals surface area contributed by atoms with Gasteiger partial charge in [-0.2, -0.15) is 0 Å². The van der Waals surface area contributed by atoms with Crippen molar-refractivity contribution in [3.05, 3.63) is 54.2 Å². The van der Waals surface area contributed by atoms with Crippen molar-refractivity contribution in [2.45, 2.75) is 36.6 Å². The van der Waals surface area contributed by atoms with Gasteiger partial charge < -0.3 is 9.80 Å². The van der Waals surface area contributed by atoms with Gasteiger partial charge in [-0.1, -0.05) is 31.7 Å². The molecule has 1 aliphatic rings. The summed E-state index contributed by atoms with van der Waals surface area (Å²) >= 11 is 1.57. The second kappa shape index (κ2) is 9.73. The van der Waals surface area contributed by atoms with Crippen LogP contribution in [0.5, 0.6) is 0 Å². The monoisotopic (exact) mass is 397 g/mol. The topological polar surface area (TPSA) is 53.5 Å². The fourth-order valence-corrected chi connectivity index (χ4v) is 3.88. The highest BCUT2D eigenvalue weighted by Gasteiger charge is 2.24. The first-order chi connectivity index (χ1) is 13.5. The summed E-state index contributed by atoms with van der Waals surface area (Å²) in [6, 6.07) is 13.5. The first kappa shape index (κ1) is 20.4. The van der Waals surface area contributed by atoms with E-state index in [1.54, 1.807) is 18.0 Å². The van der Waals surface area contributed by atoms with Crippen LogP contribution in [-0.2, 0) is 4.79 Å². The molecule has 1 saturated heterocycles. The summed E-state index contributed by atoms with van der Waals surface area (Å²) in [7, 11) is 0. The molecule has 0 saturated carbocycles. The summed E-state index contributed by atoms with van der Waals surface area (Å²) in [5, 5.41) is 0.930. The zero-order valence-corrected chi connectivity index (χ0v) is 17.3. The molecule has 1 aromatic heterocycles. The van der Waals surface area contributed by atoms with Gasteiger partial charge in [0.1, 0.15) is 5.03 Å².